The molecule has 9 heteroatoms. The van der Waals surface area contributed by atoms with E-state index in [-0.39, 0.29) is 11.9 Å². The number of benzene rings is 1. The van der Waals surface area contributed by atoms with Gasteiger partial charge in [0.25, 0.3) is 0 Å². The zero-order chi connectivity index (χ0) is 18.7. The molecule has 142 valence electrons. The number of cyclic esters (lactones) is 1. The van der Waals surface area contributed by atoms with E-state index in [2.05, 4.69) is 5.32 Å². The van der Waals surface area contributed by atoms with Crippen LogP contribution in [0.5, 0.6) is 0 Å². The van der Waals surface area contributed by atoms with Gasteiger partial charge in [0, 0.05) is 38.7 Å². The molecule has 0 aromatic heterocycles. The summed E-state index contributed by atoms with van der Waals surface area (Å²) < 4.78 is 20.0. The van der Waals surface area contributed by atoms with Crippen molar-refractivity contribution in [2.45, 2.75) is 6.10 Å². The van der Waals surface area contributed by atoms with Gasteiger partial charge in [-0.3, -0.25) is 4.90 Å². The lowest BCUT2D eigenvalue weighted by Crippen LogP contribution is -2.40. The molecule has 0 radical (unpaired) electrons. The maximum atomic E-state index is 14.6. The minimum absolute atomic E-state index is 0.308. The Bertz CT molecular complexity index is 683. The van der Waals surface area contributed by atoms with Crippen LogP contribution in [0.25, 0.3) is 0 Å². The minimum Gasteiger partial charge on any atom is -0.442 e. The van der Waals surface area contributed by atoms with Crippen LogP contribution < -0.4 is 15.1 Å². The number of anilines is 2. The second-order valence-electron chi connectivity index (χ2n) is 6.40. The maximum Gasteiger partial charge on any atom is 0.414 e. The molecule has 2 fully saturated rings. The fourth-order valence-corrected chi connectivity index (χ4v) is 3.99. The number of thioether (sulfide) groups is 1. The molecular formula is C17H23FN4O2S2. The van der Waals surface area contributed by atoms with Gasteiger partial charge in [0.05, 0.1) is 24.5 Å². The third-order valence-corrected chi connectivity index (χ3v) is 5.80. The molecule has 0 saturated carbocycles. The molecule has 1 aromatic rings. The third-order valence-electron chi connectivity index (χ3n) is 4.34. The van der Waals surface area contributed by atoms with Gasteiger partial charge in [-0.1, -0.05) is 6.07 Å². The number of thiocarbonyl (C=S) groups is 1. The van der Waals surface area contributed by atoms with E-state index in [1.54, 1.807) is 17.0 Å². The first-order valence-corrected chi connectivity index (χ1v) is 10.1. The number of hydrogen-bond donors (Lipinski definition) is 1. The van der Waals surface area contributed by atoms with Gasteiger partial charge in [0.2, 0.25) is 0 Å². The number of halogens is 1. The van der Waals surface area contributed by atoms with Gasteiger partial charge >= 0.3 is 6.09 Å². The second-order valence-corrected chi connectivity index (χ2v) is 8.02. The number of hydrogen-bond acceptors (Lipinski definition) is 5. The number of nitrogens with one attached hydrogen (secondary N) is 1. The zero-order valence-electron chi connectivity index (χ0n) is 14.9. The van der Waals surface area contributed by atoms with Crippen molar-refractivity contribution in [1.29, 1.82) is 0 Å². The molecule has 26 heavy (non-hydrogen) atoms. The lowest BCUT2D eigenvalue weighted by molar-refractivity contribution is 0.142. The van der Waals surface area contributed by atoms with Crippen LogP contribution in [0.1, 0.15) is 0 Å². The molecule has 2 heterocycles. The first-order chi connectivity index (χ1) is 12.5. The van der Waals surface area contributed by atoms with Gasteiger partial charge in [0.1, 0.15) is 11.9 Å². The van der Waals surface area contributed by atoms with Gasteiger partial charge in [-0.15, -0.1) is 0 Å². The average Bonchev–Trinajstić information content (AvgIpc) is 3.00. The van der Waals surface area contributed by atoms with Crippen LogP contribution in [-0.2, 0) is 4.74 Å². The van der Waals surface area contributed by atoms with Crippen molar-refractivity contribution >= 4 is 46.6 Å². The van der Waals surface area contributed by atoms with Crippen molar-refractivity contribution < 1.29 is 13.9 Å². The third kappa shape index (κ3) is 4.15. The summed E-state index contributed by atoms with van der Waals surface area (Å²) in [4.78, 5) is 17.7. The fraction of sp³-hybridized carbons (Fsp3) is 0.529. The molecule has 6 nitrogen and oxygen atoms in total. The number of rotatable bonds is 4. The lowest BCUT2D eigenvalue weighted by atomic mass is 10.2. The van der Waals surface area contributed by atoms with Crippen molar-refractivity contribution in [3.05, 3.63) is 24.0 Å². The summed E-state index contributed by atoms with van der Waals surface area (Å²) in [5, 5.41) is 3.65. The maximum absolute atomic E-state index is 14.6. The van der Waals surface area contributed by atoms with Crippen LogP contribution in [0, 0.1) is 5.82 Å². The first kappa shape index (κ1) is 19.0. The molecule has 1 atom stereocenters. The first-order valence-electron chi connectivity index (χ1n) is 8.52. The molecule has 2 aliphatic rings. The molecule has 1 N–H and O–H groups in total. The Morgan fingerprint density at radius 3 is 2.85 bits per heavy atom. The number of carbonyl (C=O) groups is 1. The summed E-state index contributed by atoms with van der Waals surface area (Å²) in [6, 6.07) is 4.85. The van der Waals surface area contributed by atoms with Crippen LogP contribution in [-0.4, -0.2) is 74.0 Å². The highest BCUT2D eigenvalue weighted by Crippen LogP contribution is 2.35. The minimum atomic E-state index is -0.453. The van der Waals surface area contributed by atoms with E-state index in [4.69, 9.17) is 17.0 Å². The molecule has 0 bridgehead atoms. The van der Waals surface area contributed by atoms with Crippen molar-refractivity contribution in [2.75, 3.05) is 61.6 Å². The predicted molar refractivity (Wildman–Crippen MR) is 108 cm³/mol. The molecule has 1 amide bonds. The van der Waals surface area contributed by atoms with Crippen LogP contribution in [0.2, 0.25) is 0 Å². The number of ether oxygens (including phenoxy) is 1. The number of carbonyl (C=O) groups excluding carboxylic acids is 1. The van der Waals surface area contributed by atoms with Gasteiger partial charge in [-0.25, -0.2) is 9.18 Å². The summed E-state index contributed by atoms with van der Waals surface area (Å²) >= 11 is 7.05. The summed E-state index contributed by atoms with van der Waals surface area (Å²) in [5.74, 6) is 1.59. The van der Waals surface area contributed by atoms with E-state index in [9.17, 15) is 9.18 Å². The monoisotopic (exact) mass is 398 g/mol. The van der Waals surface area contributed by atoms with Crippen molar-refractivity contribution in [2.24, 2.45) is 0 Å². The molecule has 0 aliphatic carbocycles. The van der Waals surface area contributed by atoms with E-state index >= 15 is 0 Å². The highest BCUT2D eigenvalue weighted by molar-refractivity contribution is 7.99. The van der Waals surface area contributed by atoms with Crippen LogP contribution in [0.15, 0.2) is 18.2 Å². The van der Waals surface area contributed by atoms with E-state index < -0.39 is 6.09 Å². The summed E-state index contributed by atoms with van der Waals surface area (Å²) in [7, 11) is 3.69. The van der Waals surface area contributed by atoms with E-state index in [0.29, 0.717) is 29.6 Å². The van der Waals surface area contributed by atoms with Crippen molar-refractivity contribution in [3.8, 4) is 0 Å². The summed E-state index contributed by atoms with van der Waals surface area (Å²) in [5.41, 5.74) is 1.06. The second kappa shape index (κ2) is 8.30. The molecule has 1 aromatic carbocycles. The Balaban J connectivity index is 1.75. The molecule has 2 saturated heterocycles. The predicted octanol–water partition coefficient (Wildman–Crippen LogP) is 2.14. The number of amides is 1. The topological polar surface area (TPSA) is 48.0 Å². The van der Waals surface area contributed by atoms with Gasteiger partial charge in [-0.05, 0) is 24.4 Å². The molecule has 0 spiro atoms. The molecule has 3 rings (SSSR count). The normalized spacial score (nSPS) is 20.1. The highest BCUT2D eigenvalue weighted by atomic mass is 32.2. The Morgan fingerprint density at radius 2 is 2.15 bits per heavy atom. The van der Waals surface area contributed by atoms with E-state index in [0.717, 1.165) is 24.6 Å². The SMILES string of the molecule is CN(C)C(=S)NC[C@H]1CN(c2cccc(F)c2N2CCSCC2)C(=O)O1. The van der Waals surface area contributed by atoms with E-state index in [1.165, 1.54) is 11.0 Å². The largest absolute Gasteiger partial charge is 0.442 e. The standard InChI is InChI=1S/C17H23FN4O2S2/c1-20(2)16(25)19-10-12-11-22(17(23)24-12)14-5-3-4-13(18)15(14)21-6-8-26-9-7-21/h3-5,12H,6-11H2,1-2H3,(H,19,25)/t12-/m0/s1. The molecule has 0 unspecified atom stereocenters. The van der Waals surface area contributed by atoms with Crippen LogP contribution >= 0.6 is 24.0 Å². The fourth-order valence-electron chi connectivity index (χ4n) is 3.01. The lowest BCUT2D eigenvalue weighted by Gasteiger charge is -2.32. The Kier molecular flexibility index (Phi) is 6.08. The molecule has 2 aliphatic heterocycles. The Morgan fingerprint density at radius 1 is 1.42 bits per heavy atom. The molecular weight excluding hydrogens is 375 g/mol. The summed E-state index contributed by atoms with van der Waals surface area (Å²) in [6.45, 7) is 2.32. The highest BCUT2D eigenvalue weighted by Gasteiger charge is 2.35. The number of nitrogens with zero attached hydrogens (tertiary/aromatic N) is 3. The van der Waals surface area contributed by atoms with Crippen molar-refractivity contribution in [3.63, 3.8) is 0 Å². The van der Waals surface area contributed by atoms with Gasteiger partial charge in [-0.2, -0.15) is 11.8 Å². The van der Waals surface area contributed by atoms with E-state index in [1.807, 2.05) is 30.8 Å². The Hall–Kier alpha value is -1.74. The van der Waals surface area contributed by atoms with Crippen LogP contribution in [0.3, 0.4) is 0 Å². The van der Waals surface area contributed by atoms with Crippen molar-refractivity contribution in [1.82, 2.24) is 10.2 Å². The van der Waals surface area contributed by atoms with Gasteiger partial charge in [0.15, 0.2) is 5.11 Å². The Labute approximate surface area is 162 Å². The number of para-hydroxylation sites is 1. The van der Waals surface area contributed by atoms with Crippen LogP contribution in [0.4, 0.5) is 20.6 Å². The smallest absolute Gasteiger partial charge is 0.414 e. The summed E-state index contributed by atoms with van der Waals surface area (Å²) in [6.07, 6.45) is -0.792. The average molecular weight is 399 g/mol. The zero-order valence-corrected chi connectivity index (χ0v) is 16.5. The van der Waals surface area contributed by atoms with Gasteiger partial charge < -0.3 is 19.9 Å². The quantitative estimate of drug-likeness (QED) is 0.780.